The molecule has 1 aliphatic rings. The van der Waals surface area contributed by atoms with Crippen LogP contribution in [0.3, 0.4) is 0 Å². The minimum absolute atomic E-state index is 0.229. The van der Waals surface area contributed by atoms with Crippen LogP contribution in [0.4, 0.5) is 5.69 Å². The van der Waals surface area contributed by atoms with Gasteiger partial charge in [-0.05, 0) is 58.5 Å². The maximum Gasteiger partial charge on any atom is 0.254 e. The van der Waals surface area contributed by atoms with E-state index in [2.05, 4.69) is 33.2 Å². The summed E-state index contributed by atoms with van der Waals surface area (Å²) in [7, 11) is 0. The second-order valence-corrected chi connectivity index (χ2v) is 6.72. The molecule has 0 aromatic heterocycles. The zero-order valence-electron chi connectivity index (χ0n) is 11.4. The van der Waals surface area contributed by atoms with Gasteiger partial charge in [0.25, 0.3) is 5.91 Å². The van der Waals surface area contributed by atoms with E-state index < -0.39 is 6.04 Å². The average Bonchev–Trinajstić information content (AvgIpc) is 2.60. The summed E-state index contributed by atoms with van der Waals surface area (Å²) in [4.78, 5) is 24.6. The van der Waals surface area contributed by atoms with Gasteiger partial charge in [-0.1, -0.05) is 23.7 Å². The Labute approximate surface area is 146 Å². The zero-order chi connectivity index (χ0) is 15.7. The summed E-state index contributed by atoms with van der Waals surface area (Å²) in [6.07, 6.45) is 0.441. The Morgan fingerprint density at radius 1 is 1.09 bits per heavy atom. The van der Waals surface area contributed by atoms with E-state index in [9.17, 15) is 9.59 Å². The Morgan fingerprint density at radius 2 is 1.82 bits per heavy atom. The van der Waals surface area contributed by atoms with Gasteiger partial charge in [0.1, 0.15) is 6.04 Å². The smallest absolute Gasteiger partial charge is 0.254 e. The molecule has 3 rings (SSSR count). The van der Waals surface area contributed by atoms with Crippen LogP contribution in [0.2, 0.25) is 5.02 Å². The summed E-state index contributed by atoms with van der Waals surface area (Å²) in [6.45, 7) is 0. The van der Waals surface area contributed by atoms with E-state index in [1.54, 1.807) is 18.2 Å². The molecule has 2 N–H and O–H groups in total. The van der Waals surface area contributed by atoms with Crippen molar-refractivity contribution in [2.75, 3.05) is 5.32 Å². The quantitative estimate of drug-likeness (QED) is 0.725. The van der Waals surface area contributed by atoms with Gasteiger partial charge in [0.15, 0.2) is 0 Å². The highest BCUT2D eigenvalue weighted by Crippen LogP contribution is 2.23. The molecule has 4 nitrogen and oxygen atoms in total. The van der Waals surface area contributed by atoms with Crippen molar-refractivity contribution in [3.05, 3.63) is 62.2 Å². The van der Waals surface area contributed by atoms with Gasteiger partial charge in [-0.15, -0.1) is 0 Å². The van der Waals surface area contributed by atoms with Gasteiger partial charge in [0, 0.05) is 15.0 Å². The maximum atomic E-state index is 12.3. The predicted molar refractivity (Wildman–Crippen MR) is 94.2 cm³/mol. The molecule has 0 radical (unpaired) electrons. The molecule has 22 heavy (non-hydrogen) atoms. The van der Waals surface area contributed by atoms with Crippen LogP contribution in [-0.4, -0.2) is 17.9 Å². The van der Waals surface area contributed by atoms with Crippen LogP contribution >= 0.6 is 34.2 Å². The lowest BCUT2D eigenvalue weighted by molar-refractivity contribution is -0.117. The van der Waals surface area contributed by atoms with E-state index in [1.165, 1.54) is 0 Å². The number of carbonyl (C=O) groups is 2. The van der Waals surface area contributed by atoms with Crippen LogP contribution in [0.25, 0.3) is 0 Å². The number of amides is 2. The molecule has 2 aromatic rings. The molecule has 0 spiro atoms. The van der Waals surface area contributed by atoms with Crippen molar-refractivity contribution in [2.45, 2.75) is 12.5 Å². The Morgan fingerprint density at radius 3 is 2.55 bits per heavy atom. The van der Waals surface area contributed by atoms with E-state index in [0.29, 0.717) is 22.7 Å². The van der Waals surface area contributed by atoms with Gasteiger partial charge in [-0.3, -0.25) is 9.59 Å². The van der Waals surface area contributed by atoms with Crippen LogP contribution in [0.15, 0.2) is 42.5 Å². The Hall–Kier alpha value is -1.60. The largest absolute Gasteiger partial charge is 0.340 e. The minimum Gasteiger partial charge on any atom is -0.340 e. The highest BCUT2D eigenvalue weighted by Gasteiger charge is 2.28. The summed E-state index contributed by atoms with van der Waals surface area (Å²) in [5, 5.41) is 6.00. The lowest BCUT2D eigenvalue weighted by atomic mass is 10.1. The van der Waals surface area contributed by atoms with Gasteiger partial charge in [0.05, 0.1) is 11.3 Å². The van der Waals surface area contributed by atoms with Crippen molar-refractivity contribution >= 4 is 51.7 Å². The fourth-order valence-corrected chi connectivity index (χ4v) is 2.87. The third kappa shape index (κ3) is 3.25. The number of fused-ring (bicyclic) bond motifs is 1. The zero-order valence-corrected chi connectivity index (χ0v) is 14.3. The highest BCUT2D eigenvalue weighted by molar-refractivity contribution is 14.1. The molecule has 1 heterocycles. The molecule has 1 atom stereocenters. The third-order valence-electron chi connectivity index (χ3n) is 3.46. The first-order valence-electron chi connectivity index (χ1n) is 6.68. The Bertz CT molecular complexity index is 746. The van der Waals surface area contributed by atoms with Gasteiger partial charge in [0.2, 0.25) is 5.91 Å². The fourth-order valence-electron chi connectivity index (χ4n) is 2.33. The predicted octanol–water partition coefficient (Wildman–Crippen LogP) is 3.24. The van der Waals surface area contributed by atoms with Crippen LogP contribution in [-0.2, 0) is 11.2 Å². The summed E-state index contributed by atoms with van der Waals surface area (Å²) in [5.41, 5.74) is 1.85. The SMILES string of the molecule is O=C1N[C@@H](Cc2ccc(I)cc2)C(=O)Nc2ccc(Cl)cc21. The second kappa shape index (κ2) is 6.26. The molecule has 0 saturated heterocycles. The molecule has 0 aliphatic carbocycles. The molecule has 0 unspecified atom stereocenters. The number of nitrogens with one attached hydrogen (secondary N) is 2. The lowest BCUT2D eigenvalue weighted by Crippen LogP contribution is -2.42. The van der Waals surface area contributed by atoms with Crippen molar-refractivity contribution in [2.24, 2.45) is 0 Å². The third-order valence-corrected chi connectivity index (χ3v) is 4.41. The van der Waals surface area contributed by atoms with Crippen LogP contribution in [0.5, 0.6) is 0 Å². The number of carbonyl (C=O) groups excluding carboxylic acids is 2. The number of halogens is 2. The van der Waals surface area contributed by atoms with Gasteiger partial charge < -0.3 is 10.6 Å². The highest BCUT2D eigenvalue weighted by atomic mass is 127. The van der Waals surface area contributed by atoms with Gasteiger partial charge >= 0.3 is 0 Å². The minimum atomic E-state index is -0.612. The summed E-state index contributed by atoms with van der Waals surface area (Å²) in [6, 6.07) is 12.1. The van der Waals surface area contributed by atoms with E-state index in [4.69, 9.17) is 11.6 Å². The summed E-state index contributed by atoms with van der Waals surface area (Å²) >= 11 is 8.14. The topological polar surface area (TPSA) is 58.2 Å². The van der Waals surface area contributed by atoms with Gasteiger partial charge in [-0.25, -0.2) is 0 Å². The Balaban J connectivity index is 1.85. The van der Waals surface area contributed by atoms with Crippen LogP contribution < -0.4 is 10.6 Å². The van der Waals surface area contributed by atoms with Crippen molar-refractivity contribution in [3.63, 3.8) is 0 Å². The first-order valence-corrected chi connectivity index (χ1v) is 8.14. The molecule has 0 fully saturated rings. The molecular weight excluding hydrogens is 415 g/mol. The van der Waals surface area contributed by atoms with E-state index in [1.807, 2.05) is 24.3 Å². The monoisotopic (exact) mass is 426 g/mol. The average molecular weight is 427 g/mol. The van der Waals surface area contributed by atoms with Gasteiger partial charge in [-0.2, -0.15) is 0 Å². The molecule has 2 amide bonds. The standard InChI is InChI=1S/C16H12ClIN2O2/c17-10-3-6-13-12(8-10)15(21)20-14(16(22)19-13)7-9-1-4-11(18)5-2-9/h1-6,8,14H,7H2,(H,19,22)(H,20,21)/t14-/m0/s1. The molecule has 1 aliphatic heterocycles. The summed E-state index contributed by atoms with van der Waals surface area (Å²) in [5.74, 6) is -0.528. The fraction of sp³-hybridized carbons (Fsp3) is 0.125. The molecule has 2 aromatic carbocycles. The van der Waals surface area contributed by atoms with Crippen molar-refractivity contribution < 1.29 is 9.59 Å². The maximum absolute atomic E-state index is 12.3. The van der Waals surface area contributed by atoms with E-state index in [0.717, 1.165) is 9.13 Å². The van der Waals surface area contributed by atoms with Crippen LogP contribution in [0, 0.1) is 3.57 Å². The number of hydrogen-bond donors (Lipinski definition) is 2. The number of hydrogen-bond acceptors (Lipinski definition) is 2. The number of benzene rings is 2. The van der Waals surface area contributed by atoms with Crippen molar-refractivity contribution in [1.82, 2.24) is 5.32 Å². The van der Waals surface area contributed by atoms with Crippen LogP contribution in [0.1, 0.15) is 15.9 Å². The molecule has 0 bridgehead atoms. The number of rotatable bonds is 2. The Kier molecular flexibility index (Phi) is 4.35. The first kappa shape index (κ1) is 15.3. The first-order chi connectivity index (χ1) is 10.5. The molecule has 6 heteroatoms. The molecule has 112 valence electrons. The molecular formula is C16H12ClIN2O2. The van der Waals surface area contributed by atoms with Crippen molar-refractivity contribution in [3.8, 4) is 0 Å². The second-order valence-electron chi connectivity index (χ2n) is 5.04. The number of anilines is 1. The van der Waals surface area contributed by atoms with E-state index in [-0.39, 0.29) is 11.8 Å². The normalized spacial score (nSPS) is 17.3. The molecule has 0 saturated carbocycles. The van der Waals surface area contributed by atoms with E-state index >= 15 is 0 Å². The lowest BCUT2D eigenvalue weighted by Gasteiger charge is -2.14. The summed E-state index contributed by atoms with van der Waals surface area (Å²) < 4.78 is 1.12. The van der Waals surface area contributed by atoms with Crippen molar-refractivity contribution in [1.29, 1.82) is 0 Å².